The zero-order valence-corrected chi connectivity index (χ0v) is 14.4. The minimum atomic E-state index is -0.468. The van der Waals surface area contributed by atoms with Crippen LogP contribution in [0.4, 0.5) is 15.9 Å². The SMILES string of the molecule is CC(C)(C)c1cc2nc(Cl)cc(Nc3ccc(F)c(Cl)c3)n2n1. The summed E-state index contributed by atoms with van der Waals surface area (Å²) >= 11 is 11.9. The molecule has 2 heterocycles. The third-order valence-electron chi connectivity index (χ3n) is 3.36. The van der Waals surface area contributed by atoms with Crippen LogP contribution in [-0.4, -0.2) is 14.6 Å². The molecule has 2 aromatic heterocycles. The lowest BCUT2D eigenvalue weighted by Crippen LogP contribution is -2.12. The molecule has 0 bridgehead atoms. The number of fused-ring (bicyclic) bond motifs is 1. The molecule has 23 heavy (non-hydrogen) atoms. The van der Waals surface area contributed by atoms with E-state index in [1.54, 1.807) is 16.6 Å². The lowest BCUT2D eigenvalue weighted by atomic mass is 9.93. The average Bonchev–Trinajstić information content (AvgIpc) is 2.87. The Kier molecular flexibility index (Phi) is 3.94. The predicted molar refractivity (Wildman–Crippen MR) is 91.4 cm³/mol. The number of halogens is 3. The van der Waals surface area contributed by atoms with Crippen molar-refractivity contribution in [3.8, 4) is 0 Å². The molecule has 0 unspecified atom stereocenters. The van der Waals surface area contributed by atoms with E-state index in [1.807, 2.05) is 6.07 Å². The minimum absolute atomic E-state index is 0.0437. The Morgan fingerprint density at radius 2 is 1.87 bits per heavy atom. The number of nitrogens with zero attached hydrogens (tertiary/aromatic N) is 3. The predicted octanol–water partition coefficient (Wildman–Crippen LogP) is 5.22. The Morgan fingerprint density at radius 3 is 2.52 bits per heavy atom. The van der Waals surface area contributed by atoms with E-state index in [1.165, 1.54) is 12.1 Å². The Balaban J connectivity index is 2.09. The van der Waals surface area contributed by atoms with Crippen molar-refractivity contribution in [2.45, 2.75) is 26.2 Å². The van der Waals surface area contributed by atoms with Gasteiger partial charge in [0.05, 0.1) is 10.7 Å². The Hall–Kier alpha value is -1.85. The van der Waals surface area contributed by atoms with E-state index in [0.29, 0.717) is 22.3 Å². The van der Waals surface area contributed by atoms with Gasteiger partial charge >= 0.3 is 0 Å². The summed E-state index contributed by atoms with van der Waals surface area (Å²) in [6.45, 7) is 6.22. The van der Waals surface area contributed by atoms with Crippen LogP contribution < -0.4 is 5.32 Å². The van der Waals surface area contributed by atoms with Gasteiger partial charge in [-0.25, -0.2) is 9.37 Å². The van der Waals surface area contributed by atoms with Crippen LogP contribution in [0.1, 0.15) is 26.5 Å². The summed E-state index contributed by atoms with van der Waals surface area (Å²) in [5.74, 6) is 0.155. The van der Waals surface area contributed by atoms with Gasteiger partial charge in [0, 0.05) is 23.2 Å². The lowest BCUT2D eigenvalue weighted by Gasteiger charge is -2.14. The van der Waals surface area contributed by atoms with Crippen LogP contribution in [0.3, 0.4) is 0 Å². The maximum atomic E-state index is 13.3. The van der Waals surface area contributed by atoms with Crippen LogP contribution in [-0.2, 0) is 5.41 Å². The first-order chi connectivity index (χ1) is 10.7. The van der Waals surface area contributed by atoms with Crippen molar-refractivity contribution >= 4 is 40.4 Å². The number of benzene rings is 1. The fraction of sp³-hybridized carbons (Fsp3) is 0.250. The van der Waals surface area contributed by atoms with Gasteiger partial charge in [0.2, 0.25) is 0 Å². The maximum absolute atomic E-state index is 13.3. The molecule has 0 aliphatic heterocycles. The molecule has 120 valence electrons. The van der Waals surface area contributed by atoms with Crippen molar-refractivity contribution in [3.63, 3.8) is 0 Å². The minimum Gasteiger partial charge on any atom is -0.340 e. The standard InChI is InChI=1S/C16H15Cl2FN4/c1-16(2,3)12-7-14-21-13(18)8-15(23(14)22-12)20-9-4-5-11(19)10(17)6-9/h4-8,20H,1-3H3. The molecule has 3 rings (SSSR count). The summed E-state index contributed by atoms with van der Waals surface area (Å²) in [6, 6.07) is 7.95. The highest BCUT2D eigenvalue weighted by molar-refractivity contribution is 6.31. The molecule has 0 atom stereocenters. The van der Waals surface area contributed by atoms with Crippen molar-refractivity contribution in [1.29, 1.82) is 0 Å². The smallest absolute Gasteiger partial charge is 0.159 e. The van der Waals surface area contributed by atoms with E-state index in [0.717, 1.165) is 5.69 Å². The van der Waals surface area contributed by atoms with Crippen molar-refractivity contribution in [2.24, 2.45) is 0 Å². The molecular formula is C16H15Cl2FN4. The van der Waals surface area contributed by atoms with Gasteiger partial charge in [-0.1, -0.05) is 44.0 Å². The molecule has 0 amide bonds. The van der Waals surface area contributed by atoms with Gasteiger partial charge in [0.25, 0.3) is 0 Å². The zero-order valence-electron chi connectivity index (χ0n) is 12.9. The largest absolute Gasteiger partial charge is 0.340 e. The molecule has 0 aliphatic carbocycles. The van der Waals surface area contributed by atoms with Crippen molar-refractivity contribution in [3.05, 3.63) is 52.0 Å². The number of hydrogen-bond donors (Lipinski definition) is 1. The molecule has 1 aromatic carbocycles. The van der Waals surface area contributed by atoms with Crippen LogP contribution in [0.25, 0.3) is 5.65 Å². The van der Waals surface area contributed by atoms with Crippen molar-refractivity contribution in [1.82, 2.24) is 14.6 Å². The number of aromatic nitrogens is 3. The van der Waals surface area contributed by atoms with Crippen molar-refractivity contribution < 1.29 is 4.39 Å². The highest BCUT2D eigenvalue weighted by atomic mass is 35.5. The van der Waals surface area contributed by atoms with Crippen LogP contribution in [0.15, 0.2) is 30.3 Å². The van der Waals surface area contributed by atoms with Crippen LogP contribution in [0.5, 0.6) is 0 Å². The highest BCUT2D eigenvalue weighted by Gasteiger charge is 2.19. The Morgan fingerprint density at radius 1 is 1.13 bits per heavy atom. The molecule has 7 heteroatoms. The molecule has 1 N–H and O–H groups in total. The summed E-state index contributed by atoms with van der Waals surface area (Å²) in [4.78, 5) is 4.28. The molecule has 3 aromatic rings. The first-order valence-corrected chi connectivity index (χ1v) is 7.78. The average molecular weight is 353 g/mol. The molecule has 0 aliphatic rings. The van der Waals surface area contributed by atoms with Gasteiger partial charge in [0.1, 0.15) is 16.8 Å². The first-order valence-electron chi connectivity index (χ1n) is 7.03. The molecule has 0 radical (unpaired) electrons. The second-order valence-corrected chi connectivity index (χ2v) is 7.06. The van der Waals surface area contributed by atoms with E-state index < -0.39 is 5.82 Å². The second kappa shape index (κ2) is 5.65. The zero-order chi connectivity index (χ0) is 16.8. The third-order valence-corrected chi connectivity index (χ3v) is 3.84. The van der Waals surface area contributed by atoms with Gasteiger partial charge in [-0.05, 0) is 18.2 Å². The summed E-state index contributed by atoms with van der Waals surface area (Å²) in [7, 11) is 0. The number of rotatable bonds is 2. The van der Waals surface area contributed by atoms with Gasteiger partial charge < -0.3 is 5.32 Å². The molecule has 4 nitrogen and oxygen atoms in total. The van der Waals surface area contributed by atoms with Gasteiger partial charge in [-0.15, -0.1) is 0 Å². The molecule has 0 saturated heterocycles. The van der Waals surface area contributed by atoms with Crippen molar-refractivity contribution in [2.75, 3.05) is 5.32 Å². The quantitative estimate of drug-likeness (QED) is 0.643. The Bertz CT molecular complexity index is 884. The summed E-state index contributed by atoms with van der Waals surface area (Å²) in [6.07, 6.45) is 0. The lowest BCUT2D eigenvalue weighted by molar-refractivity contribution is 0.563. The van der Waals surface area contributed by atoms with E-state index in [2.05, 4.69) is 36.2 Å². The van der Waals surface area contributed by atoms with E-state index in [9.17, 15) is 4.39 Å². The number of nitrogens with one attached hydrogen (secondary N) is 1. The maximum Gasteiger partial charge on any atom is 0.159 e. The highest BCUT2D eigenvalue weighted by Crippen LogP contribution is 2.27. The molecule has 0 fully saturated rings. The fourth-order valence-corrected chi connectivity index (χ4v) is 2.49. The number of anilines is 2. The van der Waals surface area contributed by atoms with E-state index in [4.69, 9.17) is 23.2 Å². The van der Waals surface area contributed by atoms with Gasteiger partial charge in [-0.2, -0.15) is 9.61 Å². The fourth-order valence-electron chi connectivity index (χ4n) is 2.12. The van der Waals surface area contributed by atoms with Gasteiger partial charge in [0.15, 0.2) is 5.65 Å². The monoisotopic (exact) mass is 352 g/mol. The molecule has 0 saturated carbocycles. The van der Waals surface area contributed by atoms with E-state index in [-0.39, 0.29) is 10.4 Å². The van der Waals surface area contributed by atoms with Crippen LogP contribution in [0.2, 0.25) is 10.2 Å². The third kappa shape index (κ3) is 3.26. The molecule has 0 spiro atoms. The topological polar surface area (TPSA) is 42.2 Å². The number of hydrogen-bond acceptors (Lipinski definition) is 3. The first kappa shape index (κ1) is 16.0. The second-order valence-electron chi connectivity index (χ2n) is 6.27. The normalized spacial score (nSPS) is 11.9. The van der Waals surface area contributed by atoms with Crippen LogP contribution in [0, 0.1) is 5.82 Å². The van der Waals surface area contributed by atoms with Gasteiger partial charge in [-0.3, -0.25) is 0 Å². The summed E-state index contributed by atoms with van der Waals surface area (Å²) in [5.41, 5.74) is 2.05. The van der Waals surface area contributed by atoms with Crippen LogP contribution >= 0.6 is 23.2 Å². The summed E-state index contributed by atoms with van der Waals surface area (Å²) in [5, 5.41) is 8.12. The Labute approximate surface area is 143 Å². The molecular weight excluding hydrogens is 338 g/mol. The summed E-state index contributed by atoms with van der Waals surface area (Å²) < 4.78 is 15.0. The van der Waals surface area contributed by atoms with E-state index >= 15 is 0 Å².